The van der Waals surface area contributed by atoms with Crippen LogP contribution in [0.2, 0.25) is 5.02 Å². The number of ether oxygens (including phenoxy) is 1. The molecule has 2 aromatic carbocycles. The van der Waals surface area contributed by atoms with Gasteiger partial charge < -0.3 is 14.5 Å². The van der Waals surface area contributed by atoms with Crippen molar-refractivity contribution in [2.45, 2.75) is 6.92 Å². The average Bonchev–Trinajstić information content (AvgIpc) is 2.94. The van der Waals surface area contributed by atoms with Gasteiger partial charge in [0.25, 0.3) is 5.91 Å². The number of fused-ring (bicyclic) bond motifs is 1. The number of anilines is 1. The maximum absolute atomic E-state index is 12.5. The van der Waals surface area contributed by atoms with Crippen LogP contribution in [0.3, 0.4) is 0 Å². The van der Waals surface area contributed by atoms with E-state index in [0.29, 0.717) is 21.6 Å². The molecule has 0 fully saturated rings. The SMILES string of the molecule is CCOC(=O)c1oc2ccccc2c1NC(=O)c1cccc(Cl)c1. The normalized spacial score (nSPS) is 10.6. The van der Waals surface area contributed by atoms with Crippen molar-refractivity contribution in [3.8, 4) is 0 Å². The van der Waals surface area contributed by atoms with E-state index in [0.717, 1.165) is 0 Å². The molecule has 0 aliphatic heterocycles. The minimum absolute atomic E-state index is 0.0339. The quantitative estimate of drug-likeness (QED) is 0.707. The van der Waals surface area contributed by atoms with Gasteiger partial charge >= 0.3 is 5.97 Å². The number of carbonyl (C=O) groups is 2. The molecule has 3 rings (SSSR count). The van der Waals surface area contributed by atoms with Crippen LogP contribution in [0.25, 0.3) is 11.0 Å². The van der Waals surface area contributed by atoms with Gasteiger partial charge in [0, 0.05) is 16.0 Å². The Bertz CT molecular complexity index is 916. The number of halogens is 1. The van der Waals surface area contributed by atoms with E-state index in [2.05, 4.69) is 5.32 Å². The van der Waals surface area contributed by atoms with Crippen LogP contribution in [0, 0.1) is 0 Å². The summed E-state index contributed by atoms with van der Waals surface area (Å²) in [6, 6.07) is 13.6. The largest absolute Gasteiger partial charge is 0.460 e. The molecule has 1 N–H and O–H groups in total. The van der Waals surface area contributed by atoms with Crippen molar-refractivity contribution in [3.05, 3.63) is 64.9 Å². The van der Waals surface area contributed by atoms with Crippen LogP contribution in [-0.4, -0.2) is 18.5 Å². The summed E-state index contributed by atoms with van der Waals surface area (Å²) in [7, 11) is 0. The van der Waals surface area contributed by atoms with Gasteiger partial charge in [-0.2, -0.15) is 0 Å². The van der Waals surface area contributed by atoms with E-state index < -0.39 is 11.9 Å². The highest BCUT2D eigenvalue weighted by atomic mass is 35.5. The fraction of sp³-hybridized carbons (Fsp3) is 0.111. The van der Waals surface area contributed by atoms with Crippen LogP contribution in [0.5, 0.6) is 0 Å². The molecule has 122 valence electrons. The lowest BCUT2D eigenvalue weighted by Gasteiger charge is -2.06. The zero-order valence-electron chi connectivity index (χ0n) is 12.8. The first-order valence-corrected chi connectivity index (χ1v) is 7.73. The van der Waals surface area contributed by atoms with Gasteiger partial charge in [0.15, 0.2) is 0 Å². The van der Waals surface area contributed by atoms with Crippen molar-refractivity contribution < 1.29 is 18.7 Å². The molecule has 1 heterocycles. The molecule has 0 aliphatic rings. The molecule has 0 atom stereocenters. The van der Waals surface area contributed by atoms with Crippen LogP contribution < -0.4 is 5.32 Å². The second-order valence-electron chi connectivity index (χ2n) is 4.99. The third-order valence-electron chi connectivity index (χ3n) is 3.38. The van der Waals surface area contributed by atoms with Crippen LogP contribution in [0.4, 0.5) is 5.69 Å². The Kier molecular flexibility index (Phi) is 4.53. The Balaban J connectivity index is 2.02. The number of nitrogens with one attached hydrogen (secondary N) is 1. The summed E-state index contributed by atoms with van der Waals surface area (Å²) in [5, 5.41) is 3.79. The molecule has 0 saturated carbocycles. The fourth-order valence-electron chi connectivity index (χ4n) is 2.33. The fourth-order valence-corrected chi connectivity index (χ4v) is 2.52. The highest BCUT2D eigenvalue weighted by molar-refractivity contribution is 6.31. The topological polar surface area (TPSA) is 68.5 Å². The molecule has 0 saturated heterocycles. The Labute approximate surface area is 143 Å². The number of furan rings is 1. The molecule has 1 amide bonds. The summed E-state index contributed by atoms with van der Waals surface area (Å²) >= 11 is 5.92. The molecule has 0 bridgehead atoms. The monoisotopic (exact) mass is 343 g/mol. The number of hydrogen-bond donors (Lipinski definition) is 1. The minimum Gasteiger partial charge on any atom is -0.460 e. The van der Waals surface area contributed by atoms with Crippen molar-refractivity contribution in [1.29, 1.82) is 0 Å². The highest BCUT2D eigenvalue weighted by Gasteiger charge is 2.23. The number of benzene rings is 2. The molecule has 1 aromatic heterocycles. The van der Waals surface area contributed by atoms with Crippen molar-refractivity contribution in [1.82, 2.24) is 0 Å². The molecule has 6 heteroatoms. The highest BCUT2D eigenvalue weighted by Crippen LogP contribution is 2.32. The third kappa shape index (κ3) is 3.12. The molecule has 0 spiro atoms. The first kappa shape index (κ1) is 16.1. The summed E-state index contributed by atoms with van der Waals surface area (Å²) in [6.45, 7) is 1.91. The predicted molar refractivity (Wildman–Crippen MR) is 91.6 cm³/mol. The second-order valence-corrected chi connectivity index (χ2v) is 5.42. The maximum Gasteiger partial charge on any atom is 0.376 e. The van der Waals surface area contributed by atoms with E-state index >= 15 is 0 Å². The molecular weight excluding hydrogens is 330 g/mol. The van der Waals surface area contributed by atoms with Gasteiger partial charge in [-0.15, -0.1) is 0 Å². The van der Waals surface area contributed by atoms with Gasteiger partial charge in [-0.25, -0.2) is 4.79 Å². The number of esters is 1. The molecular formula is C18H14ClNO4. The van der Waals surface area contributed by atoms with E-state index in [9.17, 15) is 9.59 Å². The Hall–Kier alpha value is -2.79. The summed E-state index contributed by atoms with van der Waals surface area (Å²) in [5.41, 5.74) is 1.15. The number of carbonyl (C=O) groups excluding carboxylic acids is 2. The van der Waals surface area contributed by atoms with Gasteiger partial charge in [-0.3, -0.25) is 4.79 Å². The average molecular weight is 344 g/mol. The zero-order chi connectivity index (χ0) is 17.1. The second kappa shape index (κ2) is 6.76. The maximum atomic E-state index is 12.5. The molecule has 0 aliphatic carbocycles. The van der Waals surface area contributed by atoms with Gasteiger partial charge in [0.2, 0.25) is 5.76 Å². The van der Waals surface area contributed by atoms with Crippen LogP contribution in [0.15, 0.2) is 52.9 Å². The van der Waals surface area contributed by atoms with E-state index in [4.69, 9.17) is 20.8 Å². The van der Waals surface area contributed by atoms with Gasteiger partial charge in [-0.05, 0) is 37.3 Å². The van der Waals surface area contributed by atoms with Gasteiger partial charge in [0.1, 0.15) is 11.3 Å². The molecule has 24 heavy (non-hydrogen) atoms. The summed E-state index contributed by atoms with van der Waals surface area (Å²) in [4.78, 5) is 24.6. The summed E-state index contributed by atoms with van der Waals surface area (Å²) < 4.78 is 10.6. The van der Waals surface area contributed by atoms with Gasteiger partial charge in [-0.1, -0.05) is 29.8 Å². The first-order valence-electron chi connectivity index (χ1n) is 7.35. The van der Waals surface area contributed by atoms with Crippen molar-refractivity contribution >= 4 is 40.1 Å². The van der Waals surface area contributed by atoms with E-state index in [1.165, 1.54) is 0 Å². The predicted octanol–water partition coefficient (Wildman–Crippen LogP) is 4.52. The third-order valence-corrected chi connectivity index (χ3v) is 3.62. The number of hydrogen-bond acceptors (Lipinski definition) is 4. The first-order chi connectivity index (χ1) is 11.6. The molecule has 0 unspecified atom stereocenters. The number of amides is 1. The Morgan fingerprint density at radius 1 is 1.17 bits per heavy atom. The van der Waals surface area contributed by atoms with E-state index in [-0.39, 0.29) is 18.1 Å². The Morgan fingerprint density at radius 2 is 1.96 bits per heavy atom. The lowest BCUT2D eigenvalue weighted by molar-refractivity contribution is 0.0494. The summed E-state index contributed by atoms with van der Waals surface area (Å²) in [6.07, 6.45) is 0. The smallest absolute Gasteiger partial charge is 0.376 e. The standard InChI is InChI=1S/C18H14ClNO4/c1-2-23-18(22)16-15(13-8-3-4-9-14(13)24-16)20-17(21)11-6-5-7-12(19)10-11/h3-10H,2H2,1H3,(H,20,21). The van der Waals surface area contributed by atoms with Crippen LogP contribution in [0.1, 0.15) is 27.8 Å². The zero-order valence-corrected chi connectivity index (χ0v) is 13.6. The Morgan fingerprint density at radius 3 is 2.71 bits per heavy atom. The minimum atomic E-state index is -0.630. The lowest BCUT2D eigenvalue weighted by Crippen LogP contribution is -2.14. The molecule has 3 aromatic rings. The van der Waals surface area contributed by atoms with Crippen molar-refractivity contribution in [2.75, 3.05) is 11.9 Å². The molecule has 5 nitrogen and oxygen atoms in total. The van der Waals surface area contributed by atoms with Crippen LogP contribution >= 0.6 is 11.6 Å². The van der Waals surface area contributed by atoms with Crippen LogP contribution in [-0.2, 0) is 4.74 Å². The number of para-hydroxylation sites is 1. The van der Waals surface area contributed by atoms with E-state index in [1.54, 1.807) is 55.5 Å². The number of rotatable bonds is 4. The van der Waals surface area contributed by atoms with Crippen molar-refractivity contribution in [3.63, 3.8) is 0 Å². The lowest BCUT2D eigenvalue weighted by atomic mass is 10.2. The summed E-state index contributed by atoms with van der Waals surface area (Å²) in [5.74, 6) is -1.06. The molecule has 0 radical (unpaired) electrons. The van der Waals surface area contributed by atoms with Gasteiger partial charge in [0.05, 0.1) is 6.61 Å². The van der Waals surface area contributed by atoms with Crippen molar-refractivity contribution in [2.24, 2.45) is 0 Å². The van der Waals surface area contributed by atoms with E-state index in [1.807, 2.05) is 0 Å².